The van der Waals surface area contributed by atoms with Gasteiger partial charge in [-0.2, -0.15) is 5.10 Å². The molecule has 7 nitrogen and oxygen atoms in total. The van der Waals surface area contributed by atoms with Crippen LogP contribution in [-0.2, 0) is 11.2 Å². The molecule has 9 heteroatoms. The third-order valence-electron chi connectivity index (χ3n) is 7.56. The summed E-state index contributed by atoms with van der Waals surface area (Å²) in [6, 6.07) is 4.14. The summed E-state index contributed by atoms with van der Waals surface area (Å²) in [4.78, 5) is 27.7. The van der Waals surface area contributed by atoms with Gasteiger partial charge in [0, 0.05) is 44.6 Å². The van der Waals surface area contributed by atoms with E-state index in [4.69, 9.17) is 0 Å². The van der Waals surface area contributed by atoms with Gasteiger partial charge in [-0.15, -0.1) is 0 Å². The van der Waals surface area contributed by atoms with Gasteiger partial charge >= 0.3 is 6.03 Å². The lowest BCUT2D eigenvalue weighted by Gasteiger charge is -2.39. The summed E-state index contributed by atoms with van der Waals surface area (Å²) in [5.41, 5.74) is 2.75. The first-order valence-electron chi connectivity index (χ1n) is 12.0. The van der Waals surface area contributed by atoms with Gasteiger partial charge < -0.3 is 4.90 Å². The SMILES string of the molecule is C[C@H]1CC(Cc2ccn3ncc(N4CCC(=O)NC4=O)c3c2)CCN1C[C@H]1CCC(F)(F)C1. The number of fused-ring (bicyclic) bond motifs is 1. The number of halogens is 2. The zero-order valence-corrected chi connectivity index (χ0v) is 19.0. The van der Waals surface area contributed by atoms with Gasteiger partial charge in [-0.1, -0.05) is 0 Å². The van der Waals surface area contributed by atoms with Gasteiger partial charge in [0.1, 0.15) is 0 Å². The Balaban J connectivity index is 1.23. The highest BCUT2D eigenvalue weighted by Gasteiger charge is 2.40. The number of imide groups is 1. The molecule has 1 unspecified atom stereocenters. The monoisotopic (exact) mass is 459 g/mol. The third kappa shape index (κ3) is 4.74. The van der Waals surface area contributed by atoms with Crippen LogP contribution in [0.25, 0.3) is 5.52 Å². The van der Waals surface area contributed by atoms with Crippen molar-refractivity contribution in [2.75, 3.05) is 24.5 Å². The molecule has 1 saturated carbocycles. The number of nitrogens with zero attached hydrogens (tertiary/aromatic N) is 4. The number of anilines is 1. The summed E-state index contributed by atoms with van der Waals surface area (Å²) >= 11 is 0. The fourth-order valence-electron chi connectivity index (χ4n) is 5.78. The number of carbonyl (C=O) groups is 2. The molecule has 178 valence electrons. The van der Waals surface area contributed by atoms with E-state index in [1.807, 2.05) is 6.20 Å². The molecule has 1 N–H and O–H groups in total. The molecule has 3 atom stereocenters. The largest absolute Gasteiger partial charge is 0.328 e. The number of amides is 3. The number of hydrogen-bond donors (Lipinski definition) is 1. The highest BCUT2D eigenvalue weighted by molar-refractivity contribution is 6.07. The minimum atomic E-state index is -2.47. The Morgan fingerprint density at radius 2 is 2.06 bits per heavy atom. The molecule has 5 rings (SSSR count). The Bertz CT molecular complexity index is 1050. The third-order valence-corrected chi connectivity index (χ3v) is 7.56. The zero-order chi connectivity index (χ0) is 23.2. The lowest BCUT2D eigenvalue weighted by atomic mass is 9.86. The standard InChI is InChI=1S/C24H31F2N5O2/c1-16-10-17(3-7-29(16)15-19-2-6-24(25,26)13-19)11-18-4-9-31-20(12-18)21(14-27-31)30-8-5-22(32)28-23(30)33/h4,9,12,14,16-17,19H,2-3,5-8,10-11,13,15H2,1H3,(H,28,32,33)/t16-,17?,19-/m0/s1. The van der Waals surface area contributed by atoms with Crippen molar-refractivity contribution < 1.29 is 18.4 Å². The number of likely N-dealkylation sites (tertiary alicyclic amines) is 1. The Morgan fingerprint density at radius 3 is 2.79 bits per heavy atom. The molecule has 0 spiro atoms. The van der Waals surface area contributed by atoms with Crippen molar-refractivity contribution in [1.82, 2.24) is 19.8 Å². The van der Waals surface area contributed by atoms with E-state index in [0.29, 0.717) is 30.6 Å². The van der Waals surface area contributed by atoms with Crippen LogP contribution in [0.3, 0.4) is 0 Å². The van der Waals surface area contributed by atoms with E-state index in [0.717, 1.165) is 37.9 Å². The molecular formula is C24H31F2N5O2. The highest BCUT2D eigenvalue weighted by Crippen LogP contribution is 2.40. The molecule has 0 radical (unpaired) electrons. The molecule has 3 amide bonds. The van der Waals surface area contributed by atoms with E-state index < -0.39 is 12.0 Å². The van der Waals surface area contributed by atoms with Gasteiger partial charge in [-0.25, -0.2) is 18.1 Å². The predicted octanol–water partition coefficient (Wildman–Crippen LogP) is 3.86. The van der Waals surface area contributed by atoms with Crippen LogP contribution in [0.5, 0.6) is 0 Å². The zero-order valence-electron chi connectivity index (χ0n) is 19.0. The first-order chi connectivity index (χ1) is 15.8. The molecule has 2 aromatic rings. The van der Waals surface area contributed by atoms with Crippen molar-refractivity contribution in [3.8, 4) is 0 Å². The molecule has 33 heavy (non-hydrogen) atoms. The van der Waals surface area contributed by atoms with Crippen molar-refractivity contribution in [3.05, 3.63) is 30.1 Å². The van der Waals surface area contributed by atoms with E-state index in [2.05, 4.69) is 34.4 Å². The van der Waals surface area contributed by atoms with Crippen molar-refractivity contribution >= 4 is 23.1 Å². The normalized spacial score (nSPS) is 28.5. The van der Waals surface area contributed by atoms with Gasteiger partial charge in [0.15, 0.2) is 0 Å². The smallest absolute Gasteiger partial charge is 0.300 e. The second-order valence-electron chi connectivity index (χ2n) is 10.1. The molecule has 2 aliphatic heterocycles. The van der Waals surface area contributed by atoms with Crippen molar-refractivity contribution in [2.24, 2.45) is 11.8 Å². The van der Waals surface area contributed by atoms with E-state index in [1.54, 1.807) is 15.6 Å². The fraction of sp³-hybridized carbons (Fsp3) is 0.625. The molecule has 3 fully saturated rings. The van der Waals surface area contributed by atoms with E-state index in [9.17, 15) is 18.4 Å². The summed E-state index contributed by atoms with van der Waals surface area (Å²) in [5, 5.41) is 6.73. The van der Waals surface area contributed by atoms with Crippen LogP contribution >= 0.6 is 0 Å². The summed E-state index contributed by atoms with van der Waals surface area (Å²) in [7, 11) is 0. The molecule has 2 aromatic heterocycles. The molecular weight excluding hydrogens is 428 g/mol. The quantitative estimate of drug-likeness (QED) is 0.737. The number of hydrogen-bond acceptors (Lipinski definition) is 4. The highest BCUT2D eigenvalue weighted by atomic mass is 19.3. The lowest BCUT2D eigenvalue weighted by molar-refractivity contribution is -0.120. The summed E-state index contributed by atoms with van der Waals surface area (Å²) in [6.07, 6.45) is 7.62. The molecule has 4 heterocycles. The molecule has 1 aliphatic carbocycles. The number of piperidine rings is 1. The minimum absolute atomic E-state index is 0.0382. The maximum Gasteiger partial charge on any atom is 0.328 e. The van der Waals surface area contributed by atoms with Crippen LogP contribution in [0, 0.1) is 11.8 Å². The first kappa shape index (κ1) is 22.3. The van der Waals surface area contributed by atoms with Gasteiger partial charge in [0.05, 0.1) is 17.4 Å². The number of aromatic nitrogens is 2. The number of nitrogens with one attached hydrogen (secondary N) is 1. The van der Waals surface area contributed by atoms with Crippen LogP contribution in [0.4, 0.5) is 19.3 Å². The Morgan fingerprint density at radius 1 is 1.21 bits per heavy atom. The molecule has 0 aromatic carbocycles. The van der Waals surface area contributed by atoms with Crippen molar-refractivity contribution in [2.45, 2.75) is 63.8 Å². The maximum atomic E-state index is 13.6. The van der Waals surface area contributed by atoms with Crippen molar-refractivity contribution in [3.63, 3.8) is 0 Å². The van der Waals surface area contributed by atoms with Crippen LogP contribution in [0.15, 0.2) is 24.5 Å². The fourth-order valence-corrected chi connectivity index (χ4v) is 5.78. The van der Waals surface area contributed by atoms with Gasteiger partial charge in [-0.3, -0.25) is 15.0 Å². The van der Waals surface area contributed by atoms with E-state index in [1.165, 1.54) is 5.56 Å². The van der Waals surface area contributed by atoms with Gasteiger partial charge in [0.2, 0.25) is 11.8 Å². The number of rotatable bonds is 5. The van der Waals surface area contributed by atoms with Crippen molar-refractivity contribution in [1.29, 1.82) is 0 Å². The average molecular weight is 460 g/mol. The van der Waals surface area contributed by atoms with Gasteiger partial charge in [-0.05, 0) is 68.7 Å². The van der Waals surface area contributed by atoms with Crippen LogP contribution in [0.1, 0.15) is 51.0 Å². The maximum absolute atomic E-state index is 13.6. The summed E-state index contributed by atoms with van der Waals surface area (Å²) in [5.74, 6) is -2.08. The number of urea groups is 1. The summed E-state index contributed by atoms with van der Waals surface area (Å²) < 4.78 is 28.9. The molecule has 0 bridgehead atoms. The van der Waals surface area contributed by atoms with Crippen LogP contribution < -0.4 is 10.2 Å². The van der Waals surface area contributed by atoms with Crippen LogP contribution in [0.2, 0.25) is 0 Å². The second-order valence-corrected chi connectivity index (χ2v) is 10.1. The second kappa shape index (κ2) is 8.66. The topological polar surface area (TPSA) is 70.0 Å². The van der Waals surface area contributed by atoms with Crippen LogP contribution in [-0.4, -0.2) is 58.1 Å². The van der Waals surface area contributed by atoms with Gasteiger partial charge in [0.25, 0.3) is 0 Å². The number of carbonyl (C=O) groups excluding carboxylic acids is 2. The first-order valence-corrected chi connectivity index (χ1v) is 12.0. The van der Waals surface area contributed by atoms with E-state index >= 15 is 0 Å². The van der Waals surface area contributed by atoms with E-state index in [-0.39, 0.29) is 31.1 Å². The Kier molecular flexibility index (Phi) is 5.84. The lowest BCUT2D eigenvalue weighted by Crippen LogP contribution is -2.49. The Labute approximate surface area is 192 Å². The predicted molar refractivity (Wildman–Crippen MR) is 120 cm³/mol. The molecule has 2 saturated heterocycles. The Hall–Kier alpha value is -2.55. The summed E-state index contributed by atoms with van der Waals surface area (Å²) in [6.45, 7) is 4.30. The number of alkyl halides is 2. The minimum Gasteiger partial charge on any atom is -0.300 e. The number of pyridine rings is 1. The average Bonchev–Trinajstić information content (AvgIpc) is 3.32. The molecule has 3 aliphatic rings.